The van der Waals surface area contributed by atoms with E-state index in [1.807, 2.05) is 29.2 Å². The highest BCUT2D eigenvalue weighted by Crippen LogP contribution is 2.33. The van der Waals surface area contributed by atoms with Gasteiger partial charge in [-0.05, 0) is 57.5 Å². The maximum absolute atomic E-state index is 12.8. The van der Waals surface area contributed by atoms with Crippen LogP contribution < -0.4 is 10.1 Å². The fraction of sp³-hybridized carbons (Fsp3) is 0.650. The molecule has 2 aliphatic carbocycles. The molecule has 2 amide bonds. The van der Waals surface area contributed by atoms with E-state index in [9.17, 15) is 4.79 Å². The number of nitrogens with one attached hydrogen (secondary N) is 1. The topological polar surface area (TPSA) is 44.8 Å². The molecule has 0 radical (unpaired) electrons. The minimum atomic E-state index is 0.0754. The highest BCUT2D eigenvalue weighted by atomic mass is 16.5. The number of hydrogen-bond acceptors (Lipinski definition) is 3. The van der Waals surface area contributed by atoms with E-state index in [-0.39, 0.29) is 11.6 Å². The Morgan fingerprint density at radius 2 is 1.84 bits per heavy atom. The number of ether oxygens (including phenoxy) is 1. The van der Waals surface area contributed by atoms with Crippen molar-refractivity contribution in [1.82, 2.24) is 15.1 Å². The van der Waals surface area contributed by atoms with Gasteiger partial charge in [-0.15, -0.1) is 0 Å². The third-order valence-electron chi connectivity index (χ3n) is 5.81. The van der Waals surface area contributed by atoms with Crippen LogP contribution in [0.25, 0.3) is 0 Å². The van der Waals surface area contributed by atoms with Gasteiger partial charge in [0.1, 0.15) is 5.75 Å². The summed E-state index contributed by atoms with van der Waals surface area (Å²) in [5, 5.41) is 3.23. The fourth-order valence-corrected chi connectivity index (χ4v) is 3.84. The Balaban J connectivity index is 1.61. The first kappa shape index (κ1) is 18.1. The normalized spacial score (nSPS) is 19.0. The van der Waals surface area contributed by atoms with Gasteiger partial charge in [0.25, 0.3) is 0 Å². The first-order valence-electron chi connectivity index (χ1n) is 9.39. The monoisotopic (exact) mass is 345 g/mol. The van der Waals surface area contributed by atoms with Crippen LogP contribution in [0.15, 0.2) is 24.3 Å². The summed E-state index contributed by atoms with van der Waals surface area (Å²) in [4.78, 5) is 17.1. The number of hydrogen-bond donors (Lipinski definition) is 1. The largest absolute Gasteiger partial charge is 0.497 e. The number of rotatable bonds is 7. The third kappa shape index (κ3) is 4.27. The molecule has 0 aliphatic heterocycles. The number of urea groups is 1. The molecule has 3 rings (SSSR count). The van der Waals surface area contributed by atoms with Crippen molar-refractivity contribution in [2.45, 2.75) is 56.7 Å². The second-order valence-electron chi connectivity index (χ2n) is 7.69. The summed E-state index contributed by atoms with van der Waals surface area (Å²) in [6.45, 7) is 1.40. The predicted octanol–water partition coefficient (Wildman–Crippen LogP) is 3.24. The van der Waals surface area contributed by atoms with Crippen LogP contribution in [-0.2, 0) is 6.54 Å². The molecule has 5 nitrogen and oxygen atoms in total. The standard InChI is InChI=1S/C20H31N3O2/c1-22(2)20(12-4-5-13-20)15-21-19(24)23(17-8-9-17)14-16-6-10-18(25-3)11-7-16/h6-7,10-11,17H,4-5,8-9,12-15H2,1-3H3,(H,21,24). The lowest BCUT2D eigenvalue weighted by Crippen LogP contribution is -2.53. The van der Waals surface area contributed by atoms with Crippen LogP contribution in [0.2, 0.25) is 0 Å². The zero-order valence-electron chi connectivity index (χ0n) is 15.8. The first-order valence-corrected chi connectivity index (χ1v) is 9.39. The summed E-state index contributed by atoms with van der Waals surface area (Å²) in [5.74, 6) is 0.848. The molecule has 1 aromatic carbocycles. The fourth-order valence-electron chi connectivity index (χ4n) is 3.84. The van der Waals surface area contributed by atoms with E-state index in [2.05, 4.69) is 24.3 Å². The van der Waals surface area contributed by atoms with Crippen LogP contribution in [0, 0.1) is 0 Å². The van der Waals surface area contributed by atoms with Crippen LogP contribution in [0.4, 0.5) is 4.79 Å². The van der Waals surface area contributed by atoms with E-state index in [0.717, 1.165) is 30.7 Å². The van der Waals surface area contributed by atoms with E-state index < -0.39 is 0 Å². The molecule has 2 aliphatic rings. The van der Waals surface area contributed by atoms with Crippen LogP contribution >= 0.6 is 0 Å². The number of carbonyl (C=O) groups is 1. The van der Waals surface area contributed by atoms with E-state index in [0.29, 0.717) is 12.6 Å². The molecule has 0 unspecified atom stereocenters. The van der Waals surface area contributed by atoms with Crippen molar-refractivity contribution in [2.24, 2.45) is 0 Å². The van der Waals surface area contributed by atoms with E-state index in [1.54, 1.807) is 7.11 Å². The van der Waals surface area contributed by atoms with Crippen LogP contribution in [0.3, 0.4) is 0 Å². The van der Waals surface area contributed by atoms with Gasteiger partial charge in [-0.2, -0.15) is 0 Å². The van der Waals surface area contributed by atoms with Gasteiger partial charge < -0.3 is 19.9 Å². The molecule has 25 heavy (non-hydrogen) atoms. The molecule has 2 saturated carbocycles. The smallest absolute Gasteiger partial charge is 0.318 e. The summed E-state index contributed by atoms with van der Waals surface area (Å²) in [5.41, 5.74) is 1.27. The second kappa shape index (κ2) is 7.65. The number of methoxy groups -OCH3 is 1. The number of amides is 2. The Bertz CT molecular complexity index is 575. The van der Waals surface area contributed by atoms with E-state index in [1.165, 1.54) is 25.7 Å². The van der Waals surface area contributed by atoms with E-state index in [4.69, 9.17) is 4.74 Å². The Labute approximate surface area is 151 Å². The lowest BCUT2D eigenvalue weighted by molar-refractivity contribution is 0.144. The van der Waals surface area contributed by atoms with Crippen LogP contribution in [0.5, 0.6) is 5.75 Å². The van der Waals surface area contributed by atoms with Crippen molar-refractivity contribution in [3.63, 3.8) is 0 Å². The summed E-state index contributed by atoms with van der Waals surface area (Å²) in [6.07, 6.45) is 7.08. The maximum Gasteiger partial charge on any atom is 0.318 e. The Morgan fingerprint density at radius 1 is 1.20 bits per heavy atom. The number of likely N-dealkylation sites (N-methyl/N-ethyl adjacent to an activating group) is 1. The quantitative estimate of drug-likeness (QED) is 0.825. The van der Waals surface area contributed by atoms with Crippen molar-refractivity contribution in [2.75, 3.05) is 27.7 Å². The highest BCUT2D eigenvalue weighted by Gasteiger charge is 2.38. The highest BCUT2D eigenvalue weighted by molar-refractivity contribution is 5.75. The lowest BCUT2D eigenvalue weighted by Gasteiger charge is -2.37. The van der Waals surface area contributed by atoms with E-state index >= 15 is 0 Å². The van der Waals surface area contributed by atoms with Crippen molar-refractivity contribution >= 4 is 6.03 Å². The Hall–Kier alpha value is -1.75. The Kier molecular flexibility index (Phi) is 5.52. The molecule has 2 fully saturated rings. The SMILES string of the molecule is COc1ccc(CN(C(=O)NCC2(N(C)C)CCCC2)C2CC2)cc1. The van der Waals surface area contributed by atoms with Crippen molar-refractivity contribution < 1.29 is 9.53 Å². The molecule has 0 bridgehead atoms. The van der Waals surface area contributed by atoms with Crippen LogP contribution in [-0.4, -0.2) is 55.2 Å². The molecule has 138 valence electrons. The van der Waals surface area contributed by atoms with Gasteiger partial charge >= 0.3 is 6.03 Å². The van der Waals surface area contributed by atoms with Crippen molar-refractivity contribution in [1.29, 1.82) is 0 Å². The second-order valence-corrected chi connectivity index (χ2v) is 7.69. The van der Waals surface area contributed by atoms with Gasteiger partial charge in [0, 0.05) is 24.7 Å². The number of carbonyl (C=O) groups excluding carboxylic acids is 1. The maximum atomic E-state index is 12.8. The minimum Gasteiger partial charge on any atom is -0.497 e. The number of nitrogens with zero attached hydrogens (tertiary/aromatic N) is 2. The predicted molar refractivity (Wildman–Crippen MR) is 99.8 cm³/mol. The molecule has 0 atom stereocenters. The van der Waals surface area contributed by atoms with Gasteiger partial charge in [-0.3, -0.25) is 0 Å². The van der Waals surface area contributed by atoms with Gasteiger partial charge in [-0.25, -0.2) is 4.79 Å². The zero-order chi connectivity index (χ0) is 17.9. The number of benzene rings is 1. The molecule has 0 saturated heterocycles. The molecule has 1 aromatic rings. The summed E-state index contributed by atoms with van der Waals surface area (Å²) >= 11 is 0. The Morgan fingerprint density at radius 3 is 2.36 bits per heavy atom. The molecule has 0 spiro atoms. The molecular formula is C20H31N3O2. The van der Waals surface area contributed by atoms with Crippen molar-refractivity contribution in [3.8, 4) is 5.75 Å². The summed E-state index contributed by atoms with van der Waals surface area (Å²) < 4.78 is 5.21. The van der Waals surface area contributed by atoms with Gasteiger partial charge in [-0.1, -0.05) is 25.0 Å². The van der Waals surface area contributed by atoms with Crippen molar-refractivity contribution in [3.05, 3.63) is 29.8 Å². The average Bonchev–Trinajstić information content (AvgIpc) is 3.34. The average molecular weight is 345 g/mol. The zero-order valence-corrected chi connectivity index (χ0v) is 15.8. The van der Waals surface area contributed by atoms with Crippen LogP contribution in [0.1, 0.15) is 44.1 Å². The molecule has 0 aromatic heterocycles. The summed E-state index contributed by atoms with van der Waals surface area (Å²) in [7, 11) is 5.93. The molecule has 0 heterocycles. The lowest BCUT2D eigenvalue weighted by atomic mass is 9.96. The molecule has 5 heteroatoms. The molecular weight excluding hydrogens is 314 g/mol. The third-order valence-corrected chi connectivity index (χ3v) is 5.81. The van der Waals surface area contributed by atoms with Gasteiger partial charge in [0.05, 0.1) is 7.11 Å². The molecule has 1 N–H and O–H groups in total. The minimum absolute atomic E-state index is 0.0754. The first-order chi connectivity index (χ1) is 12.0. The summed E-state index contributed by atoms with van der Waals surface area (Å²) in [6, 6.07) is 8.46. The van der Waals surface area contributed by atoms with Gasteiger partial charge in [0.2, 0.25) is 0 Å². The van der Waals surface area contributed by atoms with Gasteiger partial charge in [0.15, 0.2) is 0 Å².